The van der Waals surface area contributed by atoms with Crippen LogP contribution in [0.25, 0.3) is 0 Å². The Kier molecular flexibility index (Phi) is 4.73. The second kappa shape index (κ2) is 5.87. The number of hydrogen-bond donors (Lipinski definition) is 1. The predicted octanol–water partition coefficient (Wildman–Crippen LogP) is 1.75. The van der Waals surface area contributed by atoms with Gasteiger partial charge in [-0.15, -0.1) is 0 Å². The van der Waals surface area contributed by atoms with E-state index in [4.69, 9.17) is 10.5 Å². The monoisotopic (exact) mass is 250 g/mol. The topological polar surface area (TPSA) is 55.6 Å². The van der Waals surface area contributed by atoms with E-state index in [1.54, 1.807) is 31.2 Å². The number of nitrogens with two attached hydrogens (primary N) is 1. The third-order valence-corrected chi connectivity index (χ3v) is 2.90. The molecular weight excluding hydrogens is 228 g/mol. The molecule has 1 rings (SSSR count). The van der Waals surface area contributed by atoms with Gasteiger partial charge in [0, 0.05) is 13.6 Å². The van der Waals surface area contributed by atoms with Gasteiger partial charge in [0.1, 0.15) is 5.75 Å². The maximum atomic E-state index is 12.3. The van der Waals surface area contributed by atoms with Crippen LogP contribution in [-0.4, -0.2) is 38.1 Å². The van der Waals surface area contributed by atoms with Gasteiger partial charge in [0.15, 0.2) is 0 Å². The third-order valence-electron chi connectivity index (χ3n) is 2.90. The minimum atomic E-state index is -0.0908. The first-order chi connectivity index (χ1) is 8.41. The van der Waals surface area contributed by atoms with Crippen molar-refractivity contribution in [1.82, 2.24) is 4.90 Å². The highest BCUT2D eigenvalue weighted by Crippen LogP contribution is 2.21. The van der Waals surface area contributed by atoms with Gasteiger partial charge in [-0.05, 0) is 24.1 Å². The van der Waals surface area contributed by atoms with Crippen LogP contribution in [0.15, 0.2) is 24.3 Å². The molecule has 2 N–H and O–H groups in total. The minimum absolute atomic E-state index is 0.0472. The summed E-state index contributed by atoms with van der Waals surface area (Å²) >= 11 is 0. The molecule has 0 radical (unpaired) electrons. The van der Waals surface area contributed by atoms with Crippen molar-refractivity contribution < 1.29 is 9.53 Å². The highest BCUT2D eigenvalue weighted by molar-refractivity contribution is 5.96. The predicted molar refractivity (Wildman–Crippen MR) is 72.8 cm³/mol. The molecule has 0 aliphatic carbocycles. The summed E-state index contributed by atoms with van der Waals surface area (Å²) in [6.45, 7) is 5.23. The molecule has 1 amide bonds. The fraction of sp³-hybridized carbons (Fsp3) is 0.500. The van der Waals surface area contributed by atoms with Crippen LogP contribution < -0.4 is 10.5 Å². The van der Waals surface area contributed by atoms with Crippen molar-refractivity contribution in [2.45, 2.75) is 13.8 Å². The Hall–Kier alpha value is -1.55. The average molecular weight is 250 g/mol. The molecule has 0 spiro atoms. The van der Waals surface area contributed by atoms with Crippen LogP contribution in [-0.2, 0) is 0 Å². The van der Waals surface area contributed by atoms with E-state index in [0.717, 1.165) is 0 Å². The molecule has 0 unspecified atom stereocenters. The van der Waals surface area contributed by atoms with Crippen molar-refractivity contribution in [2.24, 2.45) is 11.1 Å². The second-order valence-electron chi connectivity index (χ2n) is 5.23. The standard InChI is InChI=1S/C14H22N2O2/c1-14(2,9-15)10-16(3)13(17)11-7-5-6-8-12(11)18-4/h5-8H,9-10,15H2,1-4H3. The number of methoxy groups -OCH3 is 1. The van der Waals surface area contributed by atoms with Crippen LogP contribution >= 0.6 is 0 Å². The van der Waals surface area contributed by atoms with Crippen molar-refractivity contribution >= 4 is 5.91 Å². The zero-order valence-electron chi connectivity index (χ0n) is 11.6. The lowest BCUT2D eigenvalue weighted by Crippen LogP contribution is -2.39. The van der Waals surface area contributed by atoms with Gasteiger partial charge in [0.25, 0.3) is 5.91 Å². The average Bonchev–Trinajstić information content (AvgIpc) is 2.37. The van der Waals surface area contributed by atoms with Gasteiger partial charge in [0.05, 0.1) is 12.7 Å². The SMILES string of the molecule is COc1ccccc1C(=O)N(C)CC(C)(C)CN. The quantitative estimate of drug-likeness (QED) is 0.866. The van der Waals surface area contributed by atoms with E-state index < -0.39 is 0 Å². The number of ether oxygens (including phenoxy) is 1. The van der Waals surface area contributed by atoms with Crippen LogP contribution in [0.3, 0.4) is 0 Å². The largest absolute Gasteiger partial charge is 0.496 e. The van der Waals surface area contributed by atoms with Gasteiger partial charge < -0.3 is 15.4 Å². The number of amides is 1. The first kappa shape index (κ1) is 14.5. The van der Waals surface area contributed by atoms with E-state index in [1.807, 2.05) is 26.0 Å². The van der Waals surface area contributed by atoms with Crippen molar-refractivity contribution in [1.29, 1.82) is 0 Å². The second-order valence-corrected chi connectivity index (χ2v) is 5.23. The van der Waals surface area contributed by atoms with Gasteiger partial charge in [-0.2, -0.15) is 0 Å². The minimum Gasteiger partial charge on any atom is -0.496 e. The summed E-state index contributed by atoms with van der Waals surface area (Å²) in [5.41, 5.74) is 6.17. The molecule has 1 aromatic rings. The van der Waals surface area contributed by atoms with Gasteiger partial charge in [-0.25, -0.2) is 0 Å². The van der Waals surface area contributed by atoms with Gasteiger partial charge >= 0.3 is 0 Å². The number of hydrogen-bond acceptors (Lipinski definition) is 3. The number of benzene rings is 1. The molecule has 0 aliphatic rings. The highest BCUT2D eigenvalue weighted by Gasteiger charge is 2.23. The molecule has 0 saturated carbocycles. The van der Waals surface area contributed by atoms with E-state index in [1.165, 1.54) is 0 Å². The Morgan fingerprint density at radius 3 is 2.56 bits per heavy atom. The maximum absolute atomic E-state index is 12.3. The molecule has 0 bridgehead atoms. The number of nitrogens with zero attached hydrogens (tertiary/aromatic N) is 1. The number of carbonyl (C=O) groups is 1. The van der Waals surface area contributed by atoms with Crippen molar-refractivity contribution in [3.8, 4) is 5.75 Å². The molecule has 1 aromatic carbocycles. The van der Waals surface area contributed by atoms with Crippen molar-refractivity contribution in [3.63, 3.8) is 0 Å². The smallest absolute Gasteiger partial charge is 0.257 e. The lowest BCUT2D eigenvalue weighted by Gasteiger charge is -2.29. The third kappa shape index (κ3) is 3.47. The molecule has 0 heterocycles. The van der Waals surface area contributed by atoms with Gasteiger partial charge in [-0.1, -0.05) is 26.0 Å². The molecule has 18 heavy (non-hydrogen) atoms. The van der Waals surface area contributed by atoms with Crippen molar-refractivity contribution in [3.05, 3.63) is 29.8 Å². The Morgan fingerprint density at radius 2 is 2.00 bits per heavy atom. The zero-order valence-corrected chi connectivity index (χ0v) is 11.6. The Labute approximate surface area is 109 Å². The van der Waals surface area contributed by atoms with Gasteiger partial charge in [-0.3, -0.25) is 4.79 Å². The lowest BCUT2D eigenvalue weighted by atomic mass is 9.93. The normalized spacial score (nSPS) is 11.2. The van der Waals surface area contributed by atoms with Crippen LogP contribution in [0.5, 0.6) is 5.75 Å². The first-order valence-corrected chi connectivity index (χ1v) is 6.00. The summed E-state index contributed by atoms with van der Waals surface area (Å²) in [5, 5.41) is 0. The van der Waals surface area contributed by atoms with Crippen LogP contribution in [0.4, 0.5) is 0 Å². The Balaban J connectivity index is 2.87. The van der Waals surface area contributed by atoms with Crippen molar-refractivity contribution in [2.75, 3.05) is 27.2 Å². The Morgan fingerprint density at radius 1 is 1.39 bits per heavy atom. The molecule has 100 valence electrons. The number of para-hydroxylation sites is 1. The van der Waals surface area contributed by atoms with E-state index in [0.29, 0.717) is 24.4 Å². The molecule has 0 aliphatic heterocycles. The number of rotatable bonds is 5. The lowest BCUT2D eigenvalue weighted by molar-refractivity contribution is 0.0737. The summed E-state index contributed by atoms with van der Waals surface area (Å²) in [4.78, 5) is 14.0. The van der Waals surface area contributed by atoms with E-state index in [2.05, 4.69) is 0 Å². The van der Waals surface area contributed by atoms with Gasteiger partial charge in [0.2, 0.25) is 0 Å². The summed E-state index contributed by atoms with van der Waals surface area (Å²) in [7, 11) is 3.35. The molecular formula is C14H22N2O2. The highest BCUT2D eigenvalue weighted by atomic mass is 16.5. The zero-order chi connectivity index (χ0) is 13.8. The summed E-state index contributed by atoms with van der Waals surface area (Å²) in [6, 6.07) is 7.24. The van der Waals surface area contributed by atoms with E-state index >= 15 is 0 Å². The molecule has 0 saturated heterocycles. The van der Waals surface area contributed by atoms with Crippen LogP contribution in [0, 0.1) is 5.41 Å². The van der Waals surface area contributed by atoms with E-state index in [9.17, 15) is 4.79 Å². The first-order valence-electron chi connectivity index (χ1n) is 6.00. The summed E-state index contributed by atoms with van der Waals surface area (Å²) in [6.07, 6.45) is 0. The molecule has 0 atom stereocenters. The van der Waals surface area contributed by atoms with E-state index in [-0.39, 0.29) is 11.3 Å². The summed E-state index contributed by atoms with van der Waals surface area (Å²) < 4.78 is 5.20. The maximum Gasteiger partial charge on any atom is 0.257 e. The number of carbonyl (C=O) groups excluding carboxylic acids is 1. The molecule has 0 fully saturated rings. The molecule has 4 nitrogen and oxygen atoms in total. The van der Waals surface area contributed by atoms with Crippen LogP contribution in [0.2, 0.25) is 0 Å². The summed E-state index contributed by atoms with van der Waals surface area (Å²) in [5.74, 6) is 0.550. The molecule has 4 heteroatoms. The van der Waals surface area contributed by atoms with Crippen LogP contribution in [0.1, 0.15) is 24.2 Å². The fourth-order valence-electron chi connectivity index (χ4n) is 1.81. The Bertz CT molecular complexity index is 416. The molecule has 0 aromatic heterocycles. The fourth-order valence-corrected chi connectivity index (χ4v) is 1.81.